The van der Waals surface area contributed by atoms with E-state index in [1.54, 1.807) is 36.4 Å². The highest BCUT2D eigenvalue weighted by molar-refractivity contribution is 6.30. The van der Waals surface area contributed by atoms with Crippen molar-refractivity contribution >= 4 is 23.4 Å². The summed E-state index contributed by atoms with van der Waals surface area (Å²) < 4.78 is 0. The third-order valence-corrected chi connectivity index (χ3v) is 8.11. The second-order valence-electron chi connectivity index (χ2n) is 10.6. The van der Waals surface area contributed by atoms with Gasteiger partial charge in [-0.3, -0.25) is 9.59 Å². The third kappa shape index (κ3) is 5.25. The topological polar surface area (TPSA) is 89.9 Å². The van der Waals surface area contributed by atoms with Crippen molar-refractivity contribution in [3.05, 3.63) is 70.7 Å². The summed E-state index contributed by atoms with van der Waals surface area (Å²) in [6.45, 7) is 4.81. The average molecular weight is 499 g/mol. The molecule has 1 aliphatic heterocycles. The van der Waals surface area contributed by atoms with Crippen molar-refractivity contribution in [2.75, 3.05) is 13.1 Å². The van der Waals surface area contributed by atoms with Gasteiger partial charge in [0.2, 0.25) is 5.91 Å². The Morgan fingerprint density at radius 1 is 1.06 bits per heavy atom. The molecule has 1 heterocycles. The Bertz CT molecular complexity index is 1040. The van der Waals surface area contributed by atoms with Crippen molar-refractivity contribution in [3.8, 4) is 0 Å². The minimum Gasteiger partial charge on any atom is -0.384 e. The van der Waals surface area contributed by atoms with Gasteiger partial charge < -0.3 is 20.4 Å². The fourth-order valence-corrected chi connectivity index (χ4v) is 5.78. The Morgan fingerprint density at radius 3 is 2.37 bits per heavy atom. The van der Waals surface area contributed by atoms with Crippen molar-refractivity contribution in [2.45, 2.75) is 63.7 Å². The van der Waals surface area contributed by atoms with E-state index in [9.17, 15) is 19.8 Å². The van der Waals surface area contributed by atoms with Crippen molar-refractivity contribution in [1.82, 2.24) is 10.2 Å². The largest absolute Gasteiger partial charge is 0.384 e. The van der Waals surface area contributed by atoms with Crippen LogP contribution >= 0.6 is 11.6 Å². The number of amides is 2. The standard InChI is InChI=1S/C28H35ClN2O4/c1-27(2)18-31(17-16-28(27,35)20-12-14-21(29)15-13-20)26(34)22-10-6-7-11-23(22)30-25(33)24(32)19-8-4-3-5-9-19/h3-5,8-9,12-15,22-24,32,35H,6-7,10-11,16-18H2,1-2H3,(H,30,33)/t22-,23+,24-,28-/m0/s1. The van der Waals surface area contributed by atoms with Crippen LogP contribution in [0.2, 0.25) is 5.02 Å². The number of carbonyl (C=O) groups is 2. The van der Waals surface area contributed by atoms with Gasteiger partial charge in [-0.15, -0.1) is 0 Å². The first-order valence-corrected chi connectivity index (χ1v) is 12.8. The molecule has 0 unspecified atom stereocenters. The Balaban J connectivity index is 1.46. The lowest BCUT2D eigenvalue weighted by Gasteiger charge is -2.51. The third-order valence-electron chi connectivity index (χ3n) is 7.86. The number of hydrogen-bond donors (Lipinski definition) is 3. The van der Waals surface area contributed by atoms with E-state index in [4.69, 9.17) is 11.6 Å². The Hall–Kier alpha value is -2.41. The quantitative estimate of drug-likeness (QED) is 0.576. The molecule has 1 saturated carbocycles. The van der Waals surface area contributed by atoms with Gasteiger partial charge in [-0.1, -0.05) is 80.8 Å². The number of carbonyl (C=O) groups excluding carboxylic acids is 2. The van der Waals surface area contributed by atoms with E-state index in [0.29, 0.717) is 42.9 Å². The van der Waals surface area contributed by atoms with Gasteiger partial charge >= 0.3 is 0 Å². The maximum absolute atomic E-state index is 13.7. The number of benzene rings is 2. The van der Waals surface area contributed by atoms with Gasteiger partial charge in [0.1, 0.15) is 0 Å². The maximum Gasteiger partial charge on any atom is 0.253 e. The number of aliphatic hydroxyl groups excluding tert-OH is 1. The fourth-order valence-electron chi connectivity index (χ4n) is 5.65. The molecule has 0 radical (unpaired) electrons. The van der Waals surface area contributed by atoms with Crippen LogP contribution in [0.15, 0.2) is 54.6 Å². The van der Waals surface area contributed by atoms with Crippen molar-refractivity contribution < 1.29 is 19.8 Å². The van der Waals surface area contributed by atoms with E-state index >= 15 is 0 Å². The van der Waals surface area contributed by atoms with Crippen LogP contribution in [-0.2, 0) is 15.2 Å². The molecule has 1 aliphatic carbocycles. The lowest BCUT2D eigenvalue weighted by Crippen LogP contribution is -2.59. The number of nitrogens with zero attached hydrogens (tertiary/aromatic N) is 1. The van der Waals surface area contributed by atoms with Crippen LogP contribution in [0.3, 0.4) is 0 Å². The molecular formula is C28H35ClN2O4. The van der Waals surface area contributed by atoms with Gasteiger partial charge in [0.25, 0.3) is 5.91 Å². The first-order valence-electron chi connectivity index (χ1n) is 12.4. The Labute approximate surface area is 212 Å². The van der Waals surface area contributed by atoms with E-state index in [1.165, 1.54) is 0 Å². The predicted molar refractivity (Wildman–Crippen MR) is 136 cm³/mol. The van der Waals surface area contributed by atoms with Gasteiger partial charge in [-0.25, -0.2) is 0 Å². The van der Waals surface area contributed by atoms with Crippen LogP contribution in [0.25, 0.3) is 0 Å². The molecular weight excluding hydrogens is 464 g/mol. The van der Waals surface area contributed by atoms with Gasteiger partial charge in [-0.2, -0.15) is 0 Å². The minimum atomic E-state index is -1.27. The Morgan fingerprint density at radius 2 is 1.71 bits per heavy atom. The molecule has 2 amide bonds. The van der Waals surface area contributed by atoms with E-state index in [-0.39, 0.29) is 17.9 Å². The van der Waals surface area contributed by atoms with Crippen LogP contribution in [0, 0.1) is 11.3 Å². The lowest BCUT2D eigenvalue weighted by molar-refractivity contribution is -0.158. The molecule has 3 N–H and O–H groups in total. The van der Waals surface area contributed by atoms with Crippen LogP contribution in [0.1, 0.15) is 63.2 Å². The molecule has 1 saturated heterocycles. The second-order valence-corrected chi connectivity index (χ2v) is 11.0. The highest BCUT2D eigenvalue weighted by atomic mass is 35.5. The van der Waals surface area contributed by atoms with E-state index in [0.717, 1.165) is 18.4 Å². The normalized spacial score (nSPS) is 27.2. The molecule has 2 aliphatic rings. The smallest absolute Gasteiger partial charge is 0.253 e. The zero-order valence-electron chi connectivity index (χ0n) is 20.4. The summed E-state index contributed by atoms with van der Waals surface area (Å²) in [4.78, 5) is 28.3. The number of halogens is 1. The van der Waals surface area contributed by atoms with E-state index < -0.39 is 23.0 Å². The number of rotatable bonds is 5. The first kappa shape index (κ1) is 25.7. The number of piperidine rings is 1. The first-order chi connectivity index (χ1) is 16.6. The summed E-state index contributed by atoms with van der Waals surface area (Å²) in [5, 5.41) is 25.7. The number of likely N-dealkylation sites (tertiary alicyclic amines) is 1. The van der Waals surface area contributed by atoms with Gasteiger partial charge in [0.15, 0.2) is 6.10 Å². The predicted octanol–water partition coefficient (Wildman–Crippen LogP) is 4.19. The van der Waals surface area contributed by atoms with E-state index in [1.807, 2.05) is 36.9 Å². The molecule has 35 heavy (non-hydrogen) atoms. The number of hydrogen-bond acceptors (Lipinski definition) is 4. The molecule has 0 aromatic heterocycles. The molecule has 6 nitrogen and oxygen atoms in total. The Kier molecular flexibility index (Phi) is 7.55. The van der Waals surface area contributed by atoms with Crippen LogP contribution in [0.5, 0.6) is 0 Å². The average Bonchev–Trinajstić information content (AvgIpc) is 2.86. The van der Waals surface area contributed by atoms with Crippen molar-refractivity contribution in [2.24, 2.45) is 11.3 Å². The summed E-state index contributed by atoms with van der Waals surface area (Å²) in [5.74, 6) is -0.805. The second kappa shape index (κ2) is 10.3. The van der Waals surface area contributed by atoms with Crippen LogP contribution < -0.4 is 5.32 Å². The van der Waals surface area contributed by atoms with Crippen molar-refractivity contribution in [3.63, 3.8) is 0 Å². The minimum absolute atomic E-state index is 0.00966. The summed E-state index contributed by atoms with van der Waals surface area (Å²) >= 11 is 6.04. The maximum atomic E-state index is 13.7. The molecule has 4 atom stereocenters. The summed E-state index contributed by atoms with van der Waals surface area (Å²) in [6, 6.07) is 15.8. The SMILES string of the molecule is CC1(C)CN(C(=O)[C@H]2CCCC[C@H]2NC(=O)[C@@H](O)c2ccccc2)CC[C@]1(O)c1ccc(Cl)cc1. The highest BCUT2D eigenvalue weighted by Crippen LogP contribution is 2.46. The summed E-state index contributed by atoms with van der Waals surface area (Å²) in [5.41, 5.74) is -0.320. The van der Waals surface area contributed by atoms with Gasteiger partial charge in [-0.05, 0) is 42.5 Å². The van der Waals surface area contributed by atoms with E-state index in [2.05, 4.69) is 5.32 Å². The monoisotopic (exact) mass is 498 g/mol. The summed E-state index contributed by atoms with van der Waals surface area (Å²) in [6.07, 6.45) is 2.41. The van der Waals surface area contributed by atoms with Crippen LogP contribution in [-0.4, -0.2) is 46.1 Å². The molecule has 2 aromatic carbocycles. The van der Waals surface area contributed by atoms with Crippen LogP contribution in [0.4, 0.5) is 0 Å². The molecule has 0 bridgehead atoms. The van der Waals surface area contributed by atoms with Crippen molar-refractivity contribution in [1.29, 1.82) is 0 Å². The highest BCUT2D eigenvalue weighted by Gasteiger charge is 2.50. The zero-order chi connectivity index (χ0) is 25.2. The zero-order valence-corrected chi connectivity index (χ0v) is 21.2. The molecule has 188 valence electrons. The fraction of sp³-hybridized carbons (Fsp3) is 0.500. The molecule has 2 fully saturated rings. The molecule has 4 rings (SSSR count). The number of aliphatic hydroxyl groups is 2. The molecule has 2 aromatic rings. The summed E-state index contributed by atoms with van der Waals surface area (Å²) in [7, 11) is 0. The lowest BCUT2D eigenvalue weighted by atomic mass is 9.66. The van der Waals surface area contributed by atoms with Gasteiger partial charge in [0.05, 0.1) is 11.5 Å². The molecule has 7 heteroatoms. The van der Waals surface area contributed by atoms with Gasteiger partial charge in [0, 0.05) is 29.6 Å². The molecule has 0 spiro atoms. The number of nitrogens with one attached hydrogen (secondary N) is 1.